The van der Waals surface area contributed by atoms with Crippen molar-refractivity contribution in [1.82, 2.24) is 15.2 Å². The normalized spacial score (nSPS) is 15.5. The van der Waals surface area contributed by atoms with Gasteiger partial charge in [0.2, 0.25) is 0 Å². The largest absolute Gasteiger partial charge is 0.393 e. The fraction of sp³-hybridized carbons (Fsp3) is 0.150. The van der Waals surface area contributed by atoms with Gasteiger partial charge in [0.15, 0.2) is 0 Å². The molecule has 8 nitrogen and oxygen atoms in total. The highest BCUT2D eigenvalue weighted by molar-refractivity contribution is 6.41. The number of likely N-dealkylation sites (N-methyl/N-ethyl adjacent to an activating group) is 1. The number of hydrogen-bond donors (Lipinski definition) is 2. The first-order valence-corrected chi connectivity index (χ1v) is 9.03. The summed E-state index contributed by atoms with van der Waals surface area (Å²) in [5.41, 5.74) is 2.46. The van der Waals surface area contributed by atoms with Crippen LogP contribution in [0, 0.1) is 15.5 Å². The van der Waals surface area contributed by atoms with Crippen molar-refractivity contribution in [2.45, 2.75) is 6.42 Å². The third kappa shape index (κ3) is 4.17. The predicted molar refractivity (Wildman–Crippen MR) is 111 cm³/mol. The van der Waals surface area contributed by atoms with Gasteiger partial charge < -0.3 is 10.2 Å². The van der Waals surface area contributed by atoms with E-state index in [1.807, 2.05) is 0 Å². The van der Waals surface area contributed by atoms with Gasteiger partial charge in [0.1, 0.15) is 0 Å². The molecule has 29 heavy (non-hydrogen) atoms. The molecule has 0 radical (unpaired) electrons. The second-order valence-corrected chi connectivity index (χ2v) is 6.86. The van der Waals surface area contributed by atoms with Crippen molar-refractivity contribution < 1.29 is 9.72 Å². The molecular formula is C20H18ClN5O3. The van der Waals surface area contributed by atoms with Crippen LogP contribution in [0.2, 0.25) is 5.02 Å². The first-order chi connectivity index (χ1) is 13.8. The van der Waals surface area contributed by atoms with Crippen molar-refractivity contribution in [3.8, 4) is 0 Å². The molecule has 1 aromatic heterocycles. The number of nitro groups is 1. The quantitative estimate of drug-likeness (QED) is 0.445. The molecule has 1 aromatic carbocycles. The molecule has 0 unspecified atom stereocenters. The van der Waals surface area contributed by atoms with Crippen LogP contribution in [-0.4, -0.2) is 40.5 Å². The van der Waals surface area contributed by atoms with Gasteiger partial charge in [-0.05, 0) is 23.3 Å². The number of non-ortho nitro benzene ring substituents is 1. The molecule has 0 saturated heterocycles. The number of pyridine rings is 1. The molecule has 1 aliphatic rings. The first kappa shape index (κ1) is 20.2. The smallest absolute Gasteiger partial charge is 0.270 e. The summed E-state index contributed by atoms with van der Waals surface area (Å²) < 4.78 is 0. The van der Waals surface area contributed by atoms with Crippen molar-refractivity contribution in [2.75, 3.05) is 14.1 Å². The minimum absolute atomic E-state index is 0.00624. The minimum atomic E-state index is -0.486. The zero-order chi connectivity index (χ0) is 21.1. The van der Waals surface area contributed by atoms with E-state index in [0.717, 1.165) is 11.3 Å². The number of nitrogens with one attached hydrogen (secondary N) is 2. The highest BCUT2D eigenvalue weighted by atomic mass is 35.5. The van der Waals surface area contributed by atoms with Gasteiger partial charge in [-0.1, -0.05) is 17.7 Å². The van der Waals surface area contributed by atoms with E-state index in [4.69, 9.17) is 17.0 Å². The molecule has 0 fully saturated rings. The molecule has 2 aromatic rings. The molecular weight excluding hydrogens is 394 g/mol. The van der Waals surface area contributed by atoms with Gasteiger partial charge in [0, 0.05) is 62.5 Å². The molecule has 2 heterocycles. The average Bonchev–Trinajstić information content (AvgIpc) is 2.70. The molecule has 148 valence electrons. The van der Waals surface area contributed by atoms with E-state index >= 15 is 0 Å². The zero-order valence-electron chi connectivity index (χ0n) is 15.8. The Bertz CT molecular complexity index is 1060. The van der Waals surface area contributed by atoms with Crippen LogP contribution in [0.4, 0.5) is 5.69 Å². The molecule has 0 aliphatic carbocycles. The Kier molecular flexibility index (Phi) is 5.74. The maximum Gasteiger partial charge on any atom is 0.270 e. The molecule has 0 atom stereocenters. The summed E-state index contributed by atoms with van der Waals surface area (Å²) in [6.45, 7) is 0. The number of allylic oxidation sites excluding steroid dienone is 1. The monoisotopic (exact) mass is 411 g/mol. The fourth-order valence-corrected chi connectivity index (χ4v) is 3.14. The predicted octanol–water partition coefficient (Wildman–Crippen LogP) is 3.17. The van der Waals surface area contributed by atoms with Gasteiger partial charge in [0.05, 0.1) is 21.2 Å². The molecule has 2 N–H and O–H groups in total. The number of aromatic nitrogens is 1. The van der Waals surface area contributed by atoms with E-state index in [-0.39, 0.29) is 22.9 Å². The van der Waals surface area contributed by atoms with Crippen molar-refractivity contribution in [1.29, 1.82) is 5.41 Å². The van der Waals surface area contributed by atoms with Gasteiger partial charge in [-0.3, -0.25) is 25.3 Å². The minimum Gasteiger partial charge on any atom is -0.393 e. The lowest BCUT2D eigenvalue weighted by atomic mass is 9.89. The van der Waals surface area contributed by atoms with Gasteiger partial charge in [-0.25, -0.2) is 0 Å². The first-order valence-electron chi connectivity index (χ1n) is 8.65. The number of rotatable bonds is 5. The number of halogens is 1. The highest BCUT2D eigenvalue weighted by Gasteiger charge is 2.29. The van der Waals surface area contributed by atoms with Crippen molar-refractivity contribution >= 4 is 34.5 Å². The number of carbonyl (C=O) groups excluding carboxylic acids is 1. The summed E-state index contributed by atoms with van der Waals surface area (Å²) in [7, 11) is 3.21. The van der Waals surface area contributed by atoms with Gasteiger partial charge in [-0.2, -0.15) is 0 Å². The van der Waals surface area contributed by atoms with Crippen molar-refractivity contribution in [3.05, 3.63) is 86.5 Å². The zero-order valence-corrected chi connectivity index (χ0v) is 16.5. The Labute approximate surface area is 172 Å². The van der Waals surface area contributed by atoms with E-state index in [1.54, 1.807) is 32.3 Å². The molecule has 3 rings (SSSR count). The molecule has 9 heteroatoms. The summed E-state index contributed by atoms with van der Waals surface area (Å²) in [6, 6.07) is 7.98. The second kappa shape index (κ2) is 8.24. The number of benzene rings is 1. The Hall–Kier alpha value is -3.52. The van der Waals surface area contributed by atoms with Crippen LogP contribution in [-0.2, 0) is 11.2 Å². The Morgan fingerprint density at radius 1 is 1.34 bits per heavy atom. The molecule has 0 bridgehead atoms. The van der Waals surface area contributed by atoms with E-state index in [2.05, 4.69) is 10.3 Å². The Balaban J connectivity index is 2.14. The Morgan fingerprint density at radius 3 is 2.72 bits per heavy atom. The van der Waals surface area contributed by atoms with Crippen molar-refractivity contribution in [2.24, 2.45) is 0 Å². The summed E-state index contributed by atoms with van der Waals surface area (Å²) in [6.07, 6.45) is 4.89. The van der Waals surface area contributed by atoms with Crippen LogP contribution < -0.4 is 5.32 Å². The van der Waals surface area contributed by atoms with Crippen molar-refractivity contribution in [3.63, 3.8) is 0 Å². The second-order valence-electron chi connectivity index (χ2n) is 6.42. The topological polar surface area (TPSA) is 112 Å². The summed E-state index contributed by atoms with van der Waals surface area (Å²) in [5, 5.41) is 23.1. The van der Waals surface area contributed by atoms with Crippen LogP contribution in [0.5, 0.6) is 0 Å². The molecule has 0 spiro atoms. The molecule has 0 saturated carbocycles. The van der Waals surface area contributed by atoms with Crippen LogP contribution >= 0.6 is 11.6 Å². The molecule has 1 amide bonds. The Morgan fingerprint density at radius 2 is 2.10 bits per heavy atom. The summed E-state index contributed by atoms with van der Waals surface area (Å²) in [4.78, 5) is 28.9. The van der Waals surface area contributed by atoms with Crippen LogP contribution in [0.15, 0.2) is 54.5 Å². The van der Waals surface area contributed by atoms with E-state index < -0.39 is 4.92 Å². The SMILES string of the molecule is CN/C=C1\C(=N)C(c2cc([N+](=O)[O-])ccc2Cc2ccc(Cl)cn2)=CN(C)C1=O. The fourth-order valence-electron chi connectivity index (χ4n) is 3.03. The lowest BCUT2D eigenvalue weighted by Crippen LogP contribution is -2.33. The maximum atomic E-state index is 12.4. The highest BCUT2D eigenvalue weighted by Crippen LogP contribution is 2.31. The van der Waals surface area contributed by atoms with Gasteiger partial charge >= 0.3 is 0 Å². The van der Waals surface area contributed by atoms with Gasteiger partial charge in [-0.15, -0.1) is 0 Å². The number of hydrogen-bond acceptors (Lipinski definition) is 6. The number of amides is 1. The summed E-state index contributed by atoms with van der Waals surface area (Å²) >= 11 is 5.89. The lowest BCUT2D eigenvalue weighted by Gasteiger charge is -2.25. The standard InChI is InChI=1S/C20H18ClN5O3/c1-23-10-17-19(22)18(11-25(2)20(17)27)16-8-15(26(28)29)6-3-12(16)7-14-5-4-13(21)9-24-14/h3-6,8-11,22-23H,7H2,1-2H3/b17-10+,22-19?. The molecule has 1 aliphatic heterocycles. The van der Waals surface area contributed by atoms with Gasteiger partial charge in [0.25, 0.3) is 11.6 Å². The third-order valence-corrected chi connectivity index (χ3v) is 4.68. The summed E-state index contributed by atoms with van der Waals surface area (Å²) in [5.74, 6) is -0.334. The number of nitro benzene ring substituents is 1. The van der Waals surface area contributed by atoms with E-state index in [1.165, 1.54) is 35.6 Å². The van der Waals surface area contributed by atoms with E-state index in [0.29, 0.717) is 22.6 Å². The van der Waals surface area contributed by atoms with E-state index in [9.17, 15) is 14.9 Å². The maximum absolute atomic E-state index is 12.4. The van der Waals surface area contributed by atoms with Crippen LogP contribution in [0.3, 0.4) is 0 Å². The average molecular weight is 412 g/mol. The number of nitrogens with zero attached hydrogens (tertiary/aromatic N) is 3. The van der Waals surface area contributed by atoms with Crippen LogP contribution in [0.25, 0.3) is 5.57 Å². The third-order valence-electron chi connectivity index (χ3n) is 4.46. The van der Waals surface area contributed by atoms with Crippen LogP contribution in [0.1, 0.15) is 16.8 Å². The lowest BCUT2D eigenvalue weighted by molar-refractivity contribution is -0.384. The number of carbonyl (C=O) groups is 1.